The van der Waals surface area contributed by atoms with Crippen LogP contribution in [0.15, 0.2) is 58.0 Å². The number of para-hydroxylation sites is 1. The van der Waals surface area contributed by atoms with Crippen molar-refractivity contribution < 1.29 is 37.0 Å². The molecule has 240 valence electrons. The molecule has 1 aliphatic carbocycles. The highest BCUT2D eigenvalue weighted by Crippen LogP contribution is 2.55. The SMILES string of the molecule is CCOC(=O)C(C)NP1(=O)OCC2OC(n3ccc(=O)[nH]c3=O)C(C)(F)C2OC2=C(O1)c1c(n(C)c3ccccc13)C=CC2C. The van der Waals surface area contributed by atoms with Crippen molar-refractivity contribution in [2.45, 2.75) is 57.8 Å². The number of aryl methyl sites for hydroxylation is 1. The molecule has 7 unspecified atom stereocenters. The van der Waals surface area contributed by atoms with Crippen molar-refractivity contribution in [3.05, 3.63) is 80.5 Å². The summed E-state index contributed by atoms with van der Waals surface area (Å²) in [6.45, 7) is 5.72. The molecule has 1 saturated heterocycles. The number of hydrogen-bond acceptors (Lipinski definition) is 9. The Balaban J connectivity index is 1.53. The van der Waals surface area contributed by atoms with E-state index in [9.17, 15) is 18.9 Å². The average molecular weight is 645 g/mol. The van der Waals surface area contributed by atoms with Crippen LogP contribution in [-0.4, -0.2) is 57.2 Å². The van der Waals surface area contributed by atoms with E-state index in [1.54, 1.807) is 6.92 Å². The number of aromatic amines is 1. The summed E-state index contributed by atoms with van der Waals surface area (Å²) < 4.78 is 64.2. The molecule has 2 N–H and O–H groups in total. The summed E-state index contributed by atoms with van der Waals surface area (Å²) in [7, 11) is -2.57. The van der Waals surface area contributed by atoms with Crippen LogP contribution in [0.2, 0.25) is 0 Å². The van der Waals surface area contributed by atoms with Crippen molar-refractivity contribution >= 4 is 36.5 Å². The number of benzene rings is 1. The van der Waals surface area contributed by atoms with E-state index in [-0.39, 0.29) is 18.1 Å². The van der Waals surface area contributed by atoms with Gasteiger partial charge in [-0.2, -0.15) is 5.09 Å². The number of esters is 1. The second kappa shape index (κ2) is 11.4. The van der Waals surface area contributed by atoms with Gasteiger partial charge >= 0.3 is 19.4 Å². The van der Waals surface area contributed by atoms with Crippen LogP contribution in [0.1, 0.15) is 45.2 Å². The molecule has 45 heavy (non-hydrogen) atoms. The molecular formula is C30H34FN4O9P. The Bertz CT molecular complexity index is 1890. The molecule has 0 amide bonds. The van der Waals surface area contributed by atoms with E-state index in [1.807, 2.05) is 55.0 Å². The lowest BCUT2D eigenvalue weighted by Gasteiger charge is -2.30. The average Bonchev–Trinajstić information content (AvgIpc) is 3.37. The zero-order valence-corrected chi connectivity index (χ0v) is 26.2. The van der Waals surface area contributed by atoms with Gasteiger partial charge in [-0.15, -0.1) is 0 Å². The van der Waals surface area contributed by atoms with Gasteiger partial charge in [0.2, 0.25) is 0 Å². The monoisotopic (exact) mass is 644 g/mol. The van der Waals surface area contributed by atoms with Crippen molar-refractivity contribution in [3.63, 3.8) is 0 Å². The maximum atomic E-state index is 17.0. The van der Waals surface area contributed by atoms with Gasteiger partial charge in [0.15, 0.2) is 23.8 Å². The first-order valence-electron chi connectivity index (χ1n) is 14.6. The molecule has 3 aromatic rings. The van der Waals surface area contributed by atoms with Gasteiger partial charge in [0.1, 0.15) is 17.9 Å². The number of nitrogens with one attached hydrogen (secondary N) is 2. The van der Waals surface area contributed by atoms with Crippen molar-refractivity contribution in [1.29, 1.82) is 0 Å². The van der Waals surface area contributed by atoms with Crippen LogP contribution in [0.4, 0.5) is 4.39 Å². The number of rotatable bonds is 5. The number of nitrogens with zero attached hydrogens (tertiary/aromatic N) is 2. The topological polar surface area (TPSA) is 152 Å². The van der Waals surface area contributed by atoms with Crippen LogP contribution in [-0.2, 0) is 39.7 Å². The van der Waals surface area contributed by atoms with Crippen LogP contribution in [0.3, 0.4) is 0 Å². The first-order chi connectivity index (χ1) is 21.3. The van der Waals surface area contributed by atoms with E-state index in [4.69, 9.17) is 23.3 Å². The molecule has 1 fully saturated rings. The minimum absolute atomic E-state index is 0.0345. The first kappa shape index (κ1) is 31.0. The Labute approximate surface area is 257 Å². The smallest absolute Gasteiger partial charge is 0.459 e. The van der Waals surface area contributed by atoms with Crippen LogP contribution < -0.4 is 16.3 Å². The van der Waals surface area contributed by atoms with E-state index in [0.29, 0.717) is 11.3 Å². The zero-order chi connectivity index (χ0) is 32.3. The Morgan fingerprint density at radius 3 is 2.78 bits per heavy atom. The van der Waals surface area contributed by atoms with Crippen molar-refractivity contribution in [1.82, 2.24) is 19.2 Å². The number of allylic oxidation sites excluding steroid dienone is 1. The number of carbonyl (C=O) groups excluding carboxylic acids is 1. The molecule has 0 radical (unpaired) electrons. The summed E-state index contributed by atoms with van der Waals surface area (Å²) in [5.41, 5.74) is -1.82. The van der Waals surface area contributed by atoms with E-state index in [2.05, 4.69) is 10.1 Å². The standard InChI is InChI=1S/C30H34FN4O9P/c1-6-40-27(37)17(3)33-45(39)41-15-21-26(30(4,31)28(42-21)35-14-13-22(36)32-29(35)38)43-24-16(2)11-12-20-23(25(24)44-45)18-9-7-8-10-19(18)34(20)5/h7-14,16-17,21,26,28H,6,15H2,1-5H3,(H,33,39)(H,32,36,38). The van der Waals surface area contributed by atoms with Crippen molar-refractivity contribution in [2.75, 3.05) is 13.2 Å². The Hall–Kier alpha value is -3.97. The van der Waals surface area contributed by atoms with Gasteiger partial charge in [-0.3, -0.25) is 23.7 Å². The minimum atomic E-state index is -4.45. The fourth-order valence-electron chi connectivity index (χ4n) is 5.97. The van der Waals surface area contributed by atoms with Crippen LogP contribution in [0.25, 0.3) is 22.7 Å². The lowest BCUT2D eigenvalue weighted by molar-refractivity contribution is -0.144. The van der Waals surface area contributed by atoms with Gasteiger partial charge in [-0.1, -0.05) is 31.2 Å². The van der Waals surface area contributed by atoms with Crippen LogP contribution in [0, 0.1) is 5.92 Å². The molecule has 0 saturated carbocycles. The van der Waals surface area contributed by atoms with E-state index in [1.165, 1.54) is 13.8 Å². The third-order valence-corrected chi connectivity index (χ3v) is 9.83. The lowest BCUT2D eigenvalue weighted by Crippen LogP contribution is -2.45. The number of ether oxygens (including phenoxy) is 3. The first-order valence-corrected chi connectivity index (χ1v) is 16.1. The molecule has 15 heteroatoms. The molecule has 13 nitrogen and oxygen atoms in total. The molecule has 7 atom stereocenters. The molecule has 6 rings (SSSR count). The molecule has 0 bridgehead atoms. The number of hydrogen-bond donors (Lipinski definition) is 2. The number of alkyl halides is 1. The maximum Gasteiger partial charge on any atom is 0.459 e. The Kier molecular flexibility index (Phi) is 7.88. The van der Waals surface area contributed by atoms with Gasteiger partial charge in [-0.05, 0) is 32.9 Å². The highest BCUT2D eigenvalue weighted by molar-refractivity contribution is 7.52. The van der Waals surface area contributed by atoms with Crippen LogP contribution >= 0.6 is 7.75 Å². The summed E-state index contributed by atoms with van der Waals surface area (Å²) in [6.07, 6.45) is 0.726. The fourth-order valence-corrected chi connectivity index (χ4v) is 7.49. The third-order valence-electron chi connectivity index (χ3n) is 8.21. The molecule has 2 aliphatic heterocycles. The lowest BCUT2D eigenvalue weighted by atomic mass is 9.97. The Morgan fingerprint density at radius 2 is 2.04 bits per heavy atom. The second-order valence-electron chi connectivity index (χ2n) is 11.4. The van der Waals surface area contributed by atoms with E-state index in [0.717, 1.165) is 27.7 Å². The predicted molar refractivity (Wildman–Crippen MR) is 162 cm³/mol. The van der Waals surface area contributed by atoms with Gasteiger partial charge in [0, 0.05) is 36.1 Å². The Morgan fingerprint density at radius 1 is 1.29 bits per heavy atom. The van der Waals surface area contributed by atoms with Gasteiger partial charge in [0.05, 0.1) is 24.5 Å². The zero-order valence-electron chi connectivity index (χ0n) is 25.3. The van der Waals surface area contributed by atoms with E-state index < -0.39 is 67.6 Å². The van der Waals surface area contributed by atoms with Crippen LogP contribution in [0.5, 0.6) is 0 Å². The number of aromatic nitrogens is 3. The van der Waals surface area contributed by atoms with Crippen molar-refractivity contribution in [3.8, 4) is 0 Å². The molecule has 1 aromatic carbocycles. The second-order valence-corrected chi connectivity index (χ2v) is 13.1. The summed E-state index contributed by atoms with van der Waals surface area (Å²) in [4.78, 5) is 39.1. The summed E-state index contributed by atoms with van der Waals surface area (Å²) in [5, 5.41) is 3.41. The quantitative estimate of drug-likeness (QED) is 0.310. The van der Waals surface area contributed by atoms with Gasteiger partial charge < -0.3 is 23.3 Å². The third kappa shape index (κ3) is 5.35. The molecule has 4 heterocycles. The fraction of sp³-hybridized carbons (Fsp3) is 0.433. The van der Waals surface area contributed by atoms with Crippen molar-refractivity contribution in [2.24, 2.45) is 13.0 Å². The minimum Gasteiger partial charge on any atom is -0.484 e. The highest BCUT2D eigenvalue weighted by atomic mass is 31.2. The summed E-state index contributed by atoms with van der Waals surface area (Å²) >= 11 is 0. The normalized spacial score (nSPS) is 30.1. The molecule has 3 aliphatic rings. The van der Waals surface area contributed by atoms with Gasteiger partial charge in [-0.25, -0.2) is 13.8 Å². The largest absolute Gasteiger partial charge is 0.484 e. The molecule has 2 aromatic heterocycles. The predicted octanol–water partition coefficient (Wildman–Crippen LogP) is 3.77. The number of carbonyl (C=O) groups is 1. The molecule has 0 spiro atoms. The van der Waals surface area contributed by atoms with Gasteiger partial charge in [0.25, 0.3) is 5.56 Å². The molecular weight excluding hydrogens is 610 g/mol. The number of H-pyrrole nitrogens is 1. The van der Waals surface area contributed by atoms with E-state index >= 15 is 4.39 Å². The number of fused-ring (bicyclic) bond motifs is 5. The maximum absolute atomic E-state index is 17.0. The summed E-state index contributed by atoms with van der Waals surface area (Å²) in [5.74, 6) is -1.02. The highest BCUT2D eigenvalue weighted by Gasteiger charge is 2.59. The number of halogens is 1. The summed E-state index contributed by atoms with van der Waals surface area (Å²) in [6, 6.07) is 7.48.